The van der Waals surface area contributed by atoms with Gasteiger partial charge in [0.05, 0.1) is 5.39 Å². The second-order valence-electron chi connectivity index (χ2n) is 5.17. The number of thiophene rings is 1. The Morgan fingerprint density at radius 3 is 2.57 bits per heavy atom. The summed E-state index contributed by atoms with van der Waals surface area (Å²) in [5, 5.41) is 7.53. The summed E-state index contributed by atoms with van der Waals surface area (Å²) in [6, 6.07) is 8.49. The van der Waals surface area contributed by atoms with Crippen LogP contribution in [0.2, 0.25) is 0 Å². The molecule has 0 fully saturated rings. The lowest BCUT2D eigenvalue weighted by Gasteiger charge is -2.11. The zero-order chi connectivity index (χ0) is 15.0. The van der Waals surface area contributed by atoms with Crippen LogP contribution in [0.3, 0.4) is 0 Å². The summed E-state index contributed by atoms with van der Waals surface area (Å²) in [4.78, 5) is 11.3. The molecule has 0 saturated carbocycles. The summed E-state index contributed by atoms with van der Waals surface area (Å²) in [7, 11) is 1.84. The minimum atomic E-state index is 0.636. The van der Waals surface area contributed by atoms with E-state index >= 15 is 0 Å². The number of aryl methyl sites for hydroxylation is 3. The smallest absolute Gasteiger partial charge is 0.225 e. The summed E-state index contributed by atoms with van der Waals surface area (Å²) in [5.74, 6) is 1.48. The molecular weight excluding hydrogens is 280 g/mol. The third kappa shape index (κ3) is 2.69. The average Bonchev–Trinajstić information content (AvgIpc) is 2.82. The summed E-state index contributed by atoms with van der Waals surface area (Å²) < 4.78 is 0. The fourth-order valence-electron chi connectivity index (χ4n) is 2.33. The minimum Gasteiger partial charge on any atom is -0.357 e. The maximum Gasteiger partial charge on any atom is 0.225 e. The first kappa shape index (κ1) is 13.8. The summed E-state index contributed by atoms with van der Waals surface area (Å²) in [6.45, 7) is 6.29. The van der Waals surface area contributed by atoms with Crippen molar-refractivity contribution in [1.29, 1.82) is 0 Å². The van der Waals surface area contributed by atoms with Crippen LogP contribution in [-0.4, -0.2) is 17.0 Å². The average molecular weight is 298 g/mol. The van der Waals surface area contributed by atoms with Crippen molar-refractivity contribution in [3.05, 3.63) is 40.3 Å². The summed E-state index contributed by atoms with van der Waals surface area (Å²) >= 11 is 1.68. The van der Waals surface area contributed by atoms with Gasteiger partial charge >= 0.3 is 0 Å². The third-order valence-electron chi connectivity index (χ3n) is 3.37. The first-order valence-electron chi connectivity index (χ1n) is 6.87. The highest BCUT2D eigenvalue weighted by atomic mass is 32.1. The highest BCUT2D eigenvalue weighted by molar-refractivity contribution is 7.18. The molecule has 0 bridgehead atoms. The van der Waals surface area contributed by atoms with Crippen LogP contribution < -0.4 is 10.6 Å². The molecule has 2 heterocycles. The molecule has 2 aromatic heterocycles. The van der Waals surface area contributed by atoms with Crippen LogP contribution in [0.5, 0.6) is 0 Å². The van der Waals surface area contributed by atoms with Crippen molar-refractivity contribution >= 4 is 39.0 Å². The van der Waals surface area contributed by atoms with Crippen LogP contribution in [0.4, 0.5) is 17.5 Å². The van der Waals surface area contributed by atoms with Crippen molar-refractivity contribution in [2.45, 2.75) is 20.8 Å². The Balaban J connectivity index is 2.10. The van der Waals surface area contributed by atoms with Crippen molar-refractivity contribution in [1.82, 2.24) is 9.97 Å². The van der Waals surface area contributed by atoms with Crippen molar-refractivity contribution in [2.75, 3.05) is 17.7 Å². The molecule has 0 atom stereocenters. The van der Waals surface area contributed by atoms with Crippen molar-refractivity contribution in [3.8, 4) is 0 Å². The molecule has 0 radical (unpaired) electrons. The van der Waals surface area contributed by atoms with Gasteiger partial charge in [-0.25, -0.2) is 4.98 Å². The molecule has 0 aliphatic rings. The van der Waals surface area contributed by atoms with Gasteiger partial charge in [-0.05, 0) is 38.5 Å². The molecule has 5 heteroatoms. The van der Waals surface area contributed by atoms with Gasteiger partial charge in [0.25, 0.3) is 0 Å². The van der Waals surface area contributed by atoms with E-state index in [-0.39, 0.29) is 0 Å². The Morgan fingerprint density at radius 1 is 1.05 bits per heavy atom. The maximum atomic E-state index is 4.56. The summed E-state index contributed by atoms with van der Waals surface area (Å²) in [5.41, 5.74) is 3.54. The zero-order valence-corrected chi connectivity index (χ0v) is 13.4. The quantitative estimate of drug-likeness (QED) is 0.752. The molecular formula is C16H18N4S. The molecule has 2 N–H and O–H groups in total. The number of nitrogens with one attached hydrogen (secondary N) is 2. The number of hydrogen-bond acceptors (Lipinski definition) is 5. The number of fused-ring (bicyclic) bond motifs is 1. The second-order valence-corrected chi connectivity index (χ2v) is 6.40. The standard InChI is InChI=1S/C16H18N4S/c1-9-5-6-13(10(2)7-9)18-14-12-8-11(3)21-15(12)20-16(17-4)19-14/h5-8H,1-4H3,(H2,17,18,19,20). The topological polar surface area (TPSA) is 49.8 Å². The molecule has 4 nitrogen and oxygen atoms in total. The lowest BCUT2D eigenvalue weighted by atomic mass is 10.1. The zero-order valence-electron chi connectivity index (χ0n) is 12.6. The largest absolute Gasteiger partial charge is 0.357 e. The number of aromatic nitrogens is 2. The highest BCUT2D eigenvalue weighted by Crippen LogP contribution is 2.32. The number of anilines is 3. The van der Waals surface area contributed by atoms with Gasteiger partial charge in [-0.3, -0.25) is 0 Å². The van der Waals surface area contributed by atoms with Gasteiger partial charge in [-0.15, -0.1) is 11.3 Å². The molecule has 0 aliphatic carbocycles. The monoisotopic (exact) mass is 298 g/mol. The van der Waals surface area contributed by atoms with Crippen molar-refractivity contribution in [2.24, 2.45) is 0 Å². The molecule has 3 aromatic rings. The lowest BCUT2D eigenvalue weighted by molar-refractivity contribution is 1.20. The van der Waals surface area contributed by atoms with E-state index in [1.807, 2.05) is 7.05 Å². The van der Waals surface area contributed by atoms with E-state index < -0.39 is 0 Å². The second kappa shape index (κ2) is 5.33. The van der Waals surface area contributed by atoms with Gasteiger partial charge in [0.1, 0.15) is 10.6 Å². The SMILES string of the molecule is CNc1nc(Nc2ccc(C)cc2C)c2cc(C)sc2n1. The van der Waals surface area contributed by atoms with Crippen LogP contribution in [0.15, 0.2) is 24.3 Å². The number of benzene rings is 1. The van der Waals surface area contributed by atoms with Gasteiger partial charge in [-0.2, -0.15) is 4.98 Å². The normalized spacial score (nSPS) is 10.9. The van der Waals surface area contributed by atoms with Gasteiger partial charge in [0.15, 0.2) is 0 Å². The Hall–Kier alpha value is -2.14. The van der Waals surface area contributed by atoms with E-state index in [0.29, 0.717) is 5.95 Å². The fourth-order valence-corrected chi connectivity index (χ4v) is 3.21. The molecule has 0 aliphatic heterocycles. The molecule has 1 aromatic carbocycles. The Labute approximate surface area is 128 Å². The predicted molar refractivity (Wildman–Crippen MR) is 90.9 cm³/mol. The van der Waals surface area contributed by atoms with E-state index in [0.717, 1.165) is 21.7 Å². The van der Waals surface area contributed by atoms with E-state index in [1.54, 1.807) is 11.3 Å². The van der Waals surface area contributed by atoms with Gasteiger partial charge < -0.3 is 10.6 Å². The maximum absolute atomic E-state index is 4.56. The Kier molecular flexibility index (Phi) is 3.51. The van der Waals surface area contributed by atoms with Crippen LogP contribution in [0.1, 0.15) is 16.0 Å². The van der Waals surface area contributed by atoms with Crippen LogP contribution in [-0.2, 0) is 0 Å². The Bertz CT molecular complexity index is 807. The van der Waals surface area contributed by atoms with E-state index in [2.05, 4.69) is 65.6 Å². The van der Waals surface area contributed by atoms with Gasteiger partial charge in [-0.1, -0.05) is 17.7 Å². The Morgan fingerprint density at radius 2 is 1.86 bits per heavy atom. The van der Waals surface area contributed by atoms with Crippen molar-refractivity contribution in [3.63, 3.8) is 0 Å². The van der Waals surface area contributed by atoms with Crippen molar-refractivity contribution < 1.29 is 0 Å². The van der Waals surface area contributed by atoms with Crippen LogP contribution in [0.25, 0.3) is 10.2 Å². The van der Waals surface area contributed by atoms with E-state index in [4.69, 9.17) is 0 Å². The van der Waals surface area contributed by atoms with Gasteiger partial charge in [0.2, 0.25) is 5.95 Å². The highest BCUT2D eigenvalue weighted by Gasteiger charge is 2.11. The first-order chi connectivity index (χ1) is 10.1. The molecule has 108 valence electrons. The lowest BCUT2D eigenvalue weighted by Crippen LogP contribution is -2.01. The molecule has 0 unspecified atom stereocenters. The molecule has 0 amide bonds. The number of nitrogens with zero attached hydrogens (tertiary/aromatic N) is 2. The van der Waals surface area contributed by atoms with E-state index in [1.165, 1.54) is 16.0 Å². The molecule has 21 heavy (non-hydrogen) atoms. The third-order valence-corrected chi connectivity index (χ3v) is 4.32. The molecule has 0 spiro atoms. The first-order valence-corrected chi connectivity index (χ1v) is 7.68. The number of hydrogen-bond donors (Lipinski definition) is 2. The predicted octanol–water partition coefficient (Wildman–Crippen LogP) is 4.40. The van der Waals surface area contributed by atoms with Gasteiger partial charge in [0, 0.05) is 17.6 Å². The molecule has 0 saturated heterocycles. The number of rotatable bonds is 3. The van der Waals surface area contributed by atoms with Crippen LogP contribution in [0, 0.1) is 20.8 Å². The molecule has 3 rings (SSSR count). The summed E-state index contributed by atoms with van der Waals surface area (Å²) in [6.07, 6.45) is 0. The fraction of sp³-hybridized carbons (Fsp3) is 0.250. The van der Waals surface area contributed by atoms with Crippen LogP contribution >= 0.6 is 11.3 Å². The van der Waals surface area contributed by atoms with E-state index in [9.17, 15) is 0 Å². The minimum absolute atomic E-state index is 0.636.